The quantitative estimate of drug-likeness (QED) is 0.815. The first-order chi connectivity index (χ1) is 10.9. The van der Waals surface area contributed by atoms with Crippen molar-refractivity contribution in [1.29, 1.82) is 0 Å². The Morgan fingerprint density at radius 3 is 3.00 bits per heavy atom. The molecular formula is C16H23BrFN3O2. The lowest BCUT2D eigenvalue weighted by molar-refractivity contribution is -0.0288. The van der Waals surface area contributed by atoms with Crippen LogP contribution in [0.25, 0.3) is 0 Å². The summed E-state index contributed by atoms with van der Waals surface area (Å²) in [6, 6.07) is 4.06. The number of hydrogen-bond donors (Lipinski definition) is 2. The summed E-state index contributed by atoms with van der Waals surface area (Å²) in [5, 5.41) is 5.24. The molecule has 2 N–H and O–H groups in total. The first-order valence-electron chi connectivity index (χ1n) is 7.78. The zero-order valence-electron chi connectivity index (χ0n) is 13.4. The van der Waals surface area contributed by atoms with Crippen LogP contribution in [-0.2, 0) is 4.74 Å². The number of amides is 2. The van der Waals surface area contributed by atoms with Gasteiger partial charge in [-0.1, -0.05) is 29.8 Å². The van der Waals surface area contributed by atoms with Crippen molar-refractivity contribution < 1.29 is 13.9 Å². The summed E-state index contributed by atoms with van der Waals surface area (Å²) in [6.45, 7) is 8.18. The molecule has 7 heteroatoms. The van der Waals surface area contributed by atoms with Crippen molar-refractivity contribution in [2.45, 2.75) is 20.0 Å². The number of benzene rings is 1. The molecule has 128 valence electrons. The molecule has 0 aliphatic carbocycles. The van der Waals surface area contributed by atoms with Gasteiger partial charge >= 0.3 is 6.03 Å². The van der Waals surface area contributed by atoms with E-state index in [0.717, 1.165) is 19.6 Å². The number of nitrogens with zero attached hydrogens (tertiary/aromatic N) is 1. The highest BCUT2D eigenvalue weighted by Gasteiger charge is 2.21. The third kappa shape index (κ3) is 6.08. The van der Waals surface area contributed by atoms with Crippen molar-refractivity contribution in [3.63, 3.8) is 0 Å². The number of ether oxygens (including phenoxy) is 1. The van der Waals surface area contributed by atoms with Crippen LogP contribution in [0.4, 0.5) is 14.9 Å². The maximum absolute atomic E-state index is 13.7. The Morgan fingerprint density at radius 1 is 1.52 bits per heavy atom. The van der Waals surface area contributed by atoms with E-state index in [0.29, 0.717) is 23.5 Å². The molecule has 1 fully saturated rings. The molecule has 2 amide bonds. The number of carbonyl (C=O) groups excluding carboxylic acids is 1. The fourth-order valence-electron chi connectivity index (χ4n) is 2.55. The van der Waals surface area contributed by atoms with Crippen molar-refractivity contribution >= 4 is 27.6 Å². The number of nitrogens with one attached hydrogen (secondary N) is 2. The zero-order valence-corrected chi connectivity index (χ0v) is 15.0. The van der Waals surface area contributed by atoms with E-state index in [1.165, 1.54) is 12.1 Å². The Labute approximate surface area is 144 Å². The third-order valence-electron chi connectivity index (χ3n) is 3.52. The van der Waals surface area contributed by atoms with Crippen LogP contribution in [0.1, 0.15) is 13.8 Å². The molecule has 1 unspecified atom stereocenters. The number of morpholine rings is 1. The number of anilines is 1. The highest BCUT2D eigenvalue weighted by Crippen LogP contribution is 2.19. The van der Waals surface area contributed by atoms with Gasteiger partial charge in [-0.2, -0.15) is 0 Å². The van der Waals surface area contributed by atoms with E-state index in [9.17, 15) is 9.18 Å². The zero-order chi connectivity index (χ0) is 16.8. The van der Waals surface area contributed by atoms with Crippen molar-refractivity contribution in [2.24, 2.45) is 5.92 Å². The van der Waals surface area contributed by atoms with E-state index < -0.39 is 11.8 Å². The fourth-order valence-corrected chi connectivity index (χ4v) is 2.88. The monoisotopic (exact) mass is 387 g/mol. The Morgan fingerprint density at radius 2 is 2.30 bits per heavy atom. The molecule has 2 rings (SSSR count). The van der Waals surface area contributed by atoms with Gasteiger partial charge in [-0.3, -0.25) is 4.90 Å². The standard InChI is InChI=1S/C16H23BrFN3O2/c1-11(2)9-21-5-6-23-13(10-21)8-19-16(22)20-15-4-3-12(17)7-14(15)18/h3-4,7,11,13H,5-6,8-10H2,1-2H3,(H2,19,20,22). The molecule has 1 aliphatic rings. The lowest BCUT2D eigenvalue weighted by atomic mass is 10.2. The molecule has 23 heavy (non-hydrogen) atoms. The number of rotatable bonds is 5. The second kappa shape index (κ2) is 8.61. The lowest BCUT2D eigenvalue weighted by Crippen LogP contribution is -2.48. The molecule has 5 nitrogen and oxygen atoms in total. The summed E-state index contributed by atoms with van der Waals surface area (Å²) in [5.41, 5.74) is 0.150. The van der Waals surface area contributed by atoms with E-state index in [-0.39, 0.29) is 11.8 Å². The van der Waals surface area contributed by atoms with E-state index in [4.69, 9.17) is 4.74 Å². The van der Waals surface area contributed by atoms with Crippen molar-refractivity contribution in [2.75, 3.05) is 38.1 Å². The van der Waals surface area contributed by atoms with Crippen LogP contribution in [0, 0.1) is 11.7 Å². The smallest absolute Gasteiger partial charge is 0.319 e. The molecule has 1 heterocycles. The van der Waals surface area contributed by atoms with Crippen LogP contribution in [0.3, 0.4) is 0 Å². The minimum Gasteiger partial charge on any atom is -0.374 e. The SMILES string of the molecule is CC(C)CN1CCOC(CNC(=O)Nc2ccc(Br)cc2F)C1. The summed E-state index contributed by atoms with van der Waals surface area (Å²) in [6.07, 6.45) is -0.0389. The molecule has 1 saturated heterocycles. The van der Waals surface area contributed by atoms with Crippen LogP contribution < -0.4 is 10.6 Å². The molecule has 1 aromatic rings. The number of halogens is 2. The van der Waals surface area contributed by atoms with Gasteiger partial charge in [-0.15, -0.1) is 0 Å². The van der Waals surface area contributed by atoms with Crippen LogP contribution >= 0.6 is 15.9 Å². The lowest BCUT2D eigenvalue weighted by Gasteiger charge is -2.33. The summed E-state index contributed by atoms with van der Waals surface area (Å²) >= 11 is 3.18. The highest BCUT2D eigenvalue weighted by atomic mass is 79.9. The molecule has 0 spiro atoms. The Balaban J connectivity index is 1.77. The molecular weight excluding hydrogens is 365 g/mol. The number of hydrogen-bond acceptors (Lipinski definition) is 3. The summed E-state index contributed by atoms with van der Waals surface area (Å²) in [5.74, 6) is 0.122. The summed E-state index contributed by atoms with van der Waals surface area (Å²) < 4.78 is 20.0. The predicted molar refractivity (Wildman–Crippen MR) is 92.1 cm³/mol. The average molecular weight is 388 g/mol. The second-order valence-corrected chi connectivity index (χ2v) is 7.02. The average Bonchev–Trinajstić information content (AvgIpc) is 2.48. The van der Waals surface area contributed by atoms with Gasteiger partial charge in [0.25, 0.3) is 0 Å². The molecule has 0 radical (unpaired) electrons. The van der Waals surface area contributed by atoms with E-state index in [1.54, 1.807) is 6.07 Å². The first kappa shape index (κ1) is 18.2. The van der Waals surface area contributed by atoms with Crippen molar-refractivity contribution in [1.82, 2.24) is 10.2 Å². The largest absolute Gasteiger partial charge is 0.374 e. The minimum absolute atomic E-state index is 0.0389. The van der Waals surface area contributed by atoms with E-state index in [1.807, 2.05) is 0 Å². The summed E-state index contributed by atoms with van der Waals surface area (Å²) in [4.78, 5) is 14.2. The molecule has 0 saturated carbocycles. The number of urea groups is 1. The Kier molecular flexibility index (Phi) is 6.80. The first-order valence-corrected chi connectivity index (χ1v) is 8.57. The highest BCUT2D eigenvalue weighted by molar-refractivity contribution is 9.10. The second-order valence-electron chi connectivity index (χ2n) is 6.11. The number of carbonyl (C=O) groups is 1. The van der Waals surface area contributed by atoms with Crippen LogP contribution in [0.15, 0.2) is 22.7 Å². The van der Waals surface area contributed by atoms with Crippen LogP contribution in [0.5, 0.6) is 0 Å². The molecule has 0 bridgehead atoms. The molecule has 0 aromatic heterocycles. The normalized spacial score (nSPS) is 18.9. The van der Waals surface area contributed by atoms with Gasteiger partial charge in [0.2, 0.25) is 0 Å². The Hall–Kier alpha value is -1.18. The van der Waals surface area contributed by atoms with E-state index in [2.05, 4.69) is 45.3 Å². The van der Waals surface area contributed by atoms with E-state index >= 15 is 0 Å². The van der Waals surface area contributed by atoms with Gasteiger partial charge in [-0.05, 0) is 24.1 Å². The van der Waals surface area contributed by atoms with Gasteiger partial charge in [0.15, 0.2) is 0 Å². The molecule has 1 aliphatic heterocycles. The maximum atomic E-state index is 13.7. The third-order valence-corrected chi connectivity index (χ3v) is 4.01. The molecule has 1 aromatic carbocycles. The summed E-state index contributed by atoms with van der Waals surface area (Å²) in [7, 11) is 0. The molecule has 1 atom stereocenters. The van der Waals surface area contributed by atoms with Gasteiger partial charge in [0.1, 0.15) is 5.82 Å². The maximum Gasteiger partial charge on any atom is 0.319 e. The van der Waals surface area contributed by atoms with Crippen LogP contribution in [0.2, 0.25) is 0 Å². The van der Waals surface area contributed by atoms with Crippen LogP contribution in [-0.4, -0.2) is 49.8 Å². The fraction of sp³-hybridized carbons (Fsp3) is 0.562. The topological polar surface area (TPSA) is 53.6 Å². The van der Waals surface area contributed by atoms with Gasteiger partial charge < -0.3 is 15.4 Å². The van der Waals surface area contributed by atoms with Crippen molar-refractivity contribution in [3.05, 3.63) is 28.5 Å². The van der Waals surface area contributed by atoms with Gasteiger partial charge in [0, 0.05) is 30.7 Å². The predicted octanol–water partition coefficient (Wildman–Crippen LogP) is 3.07. The minimum atomic E-state index is -0.480. The van der Waals surface area contributed by atoms with Gasteiger partial charge in [-0.25, -0.2) is 9.18 Å². The van der Waals surface area contributed by atoms with Crippen molar-refractivity contribution in [3.8, 4) is 0 Å². The van der Waals surface area contributed by atoms with Gasteiger partial charge in [0.05, 0.1) is 18.4 Å². The Bertz CT molecular complexity index is 542.